The standard InChI is InChI=1S/C16H30O2/c1-13(2)7-9-15(5,17)11-12-16(6,18)10-8-14(3)4/h13-14,17-18H,7-10H2,1-6H3/t15-,16+. The quantitative estimate of drug-likeness (QED) is 0.714. The average molecular weight is 254 g/mol. The molecule has 0 amide bonds. The van der Waals surface area contributed by atoms with E-state index < -0.39 is 11.2 Å². The van der Waals surface area contributed by atoms with Gasteiger partial charge in [-0.15, -0.1) is 0 Å². The summed E-state index contributed by atoms with van der Waals surface area (Å²) in [6, 6.07) is 0. The highest BCUT2D eigenvalue weighted by molar-refractivity contribution is 5.19. The van der Waals surface area contributed by atoms with Crippen LogP contribution >= 0.6 is 0 Å². The van der Waals surface area contributed by atoms with Crippen molar-refractivity contribution < 1.29 is 10.2 Å². The lowest BCUT2D eigenvalue weighted by molar-refractivity contribution is 0.0936. The first kappa shape index (κ1) is 17.5. The molecule has 0 heterocycles. The smallest absolute Gasteiger partial charge is 0.122 e. The van der Waals surface area contributed by atoms with Gasteiger partial charge in [-0.05, 0) is 51.4 Å². The van der Waals surface area contributed by atoms with Gasteiger partial charge in [0.15, 0.2) is 0 Å². The minimum absolute atomic E-state index is 0.555. The molecular weight excluding hydrogens is 224 g/mol. The van der Waals surface area contributed by atoms with Crippen molar-refractivity contribution in [1.29, 1.82) is 0 Å². The van der Waals surface area contributed by atoms with Gasteiger partial charge in [0, 0.05) is 0 Å². The molecule has 0 aliphatic rings. The minimum Gasteiger partial charge on any atom is -0.378 e. The summed E-state index contributed by atoms with van der Waals surface area (Å²) in [5.74, 6) is 6.78. The Kier molecular flexibility index (Phi) is 6.96. The van der Waals surface area contributed by atoms with Crippen LogP contribution in [0.15, 0.2) is 0 Å². The molecule has 0 rings (SSSR count). The highest BCUT2D eigenvalue weighted by Crippen LogP contribution is 2.18. The van der Waals surface area contributed by atoms with Crippen molar-refractivity contribution in [2.75, 3.05) is 0 Å². The van der Waals surface area contributed by atoms with Crippen molar-refractivity contribution >= 4 is 0 Å². The van der Waals surface area contributed by atoms with Crippen LogP contribution in [0.2, 0.25) is 0 Å². The van der Waals surface area contributed by atoms with Crippen LogP contribution in [0, 0.1) is 23.7 Å². The predicted molar refractivity (Wildman–Crippen MR) is 77.2 cm³/mol. The molecule has 0 spiro atoms. The predicted octanol–water partition coefficient (Wildman–Crippen LogP) is 3.36. The normalized spacial score (nSPS) is 18.1. The van der Waals surface area contributed by atoms with E-state index in [9.17, 15) is 10.2 Å². The topological polar surface area (TPSA) is 40.5 Å². The summed E-state index contributed by atoms with van der Waals surface area (Å²) in [6.45, 7) is 12.0. The third-order valence-electron chi connectivity index (χ3n) is 3.02. The molecule has 0 aliphatic carbocycles. The third-order valence-corrected chi connectivity index (χ3v) is 3.02. The maximum atomic E-state index is 10.1. The summed E-state index contributed by atoms with van der Waals surface area (Å²) in [5, 5.41) is 20.2. The van der Waals surface area contributed by atoms with Crippen molar-refractivity contribution in [3.8, 4) is 11.8 Å². The number of rotatable bonds is 6. The molecule has 0 bridgehead atoms. The van der Waals surface area contributed by atoms with Gasteiger partial charge in [-0.1, -0.05) is 39.5 Å². The Morgan fingerprint density at radius 3 is 1.28 bits per heavy atom. The van der Waals surface area contributed by atoms with Crippen LogP contribution in [0.5, 0.6) is 0 Å². The van der Waals surface area contributed by atoms with Gasteiger partial charge in [0.05, 0.1) is 0 Å². The Morgan fingerprint density at radius 1 is 0.778 bits per heavy atom. The Labute approximate surface area is 113 Å². The molecule has 0 aromatic rings. The van der Waals surface area contributed by atoms with Crippen LogP contribution in [0.4, 0.5) is 0 Å². The summed E-state index contributed by atoms with van der Waals surface area (Å²) in [4.78, 5) is 0. The van der Waals surface area contributed by atoms with Gasteiger partial charge < -0.3 is 10.2 Å². The molecule has 0 saturated carbocycles. The first-order chi connectivity index (χ1) is 8.04. The Balaban J connectivity index is 4.42. The van der Waals surface area contributed by atoms with Crippen LogP contribution in [-0.4, -0.2) is 21.4 Å². The van der Waals surface area contributed by atoms with Gasteiger partial charge in [0.25, 0.3) is 0 Å². The molecule has 0 radical (unpaired) electrons. The molecule has 0 aromatic carbocycles. The Bertz CT molecular complexity index is 262. The van der Waals surface area contributed by atoms with Crippen LogP contribution in [0.3, 0.4) is 0 Å². The fourth-order valence-corrected chi connectivity index (χ4v) is 1.53. The molecule has 0 fully saturated rings. The van der Waals surface area contributed by atoms with Crippen molar-refractivity contribution in [3.63, 3.8) is 0 Å². The summed E-state index contributed by atoms with van der Waals surface area (Å²) < 4.78 is 0. The van der Waals surface area contributed by atoms with Gasteiger partial charge in [-0.25, -0.2) is 0 Å². The maximum absolute atomic E-state index is 10.1. The van der Waals surface area contributed by atoms with Crippen LogP contribution in [0.1, 0.15) is 67.2 Å². The van der Waals surface area contributed by atoms with Gasteiger partial charge >= 0.3 is 0 Å². The molecular formula is C16H30O2. The zero-order valence-electron chi connectivity index (χ0n) is 12.9. The zero-order valence-corrected chi connectivity index (χ0v) is 12.9. The molecule has 18 heavy (non-hydrogen) atoms. The van der Waals surface area contributed by atoms with Crippen molar-refractivity contribution in [3.05, 3.63) is 0 Å². The Hall–Kier alpha value is -0.520. The molecule has 0 unspecified atom stereocenters. The monoisotopic (exact) mass is 254 g/mol. The van der Waals surface area contributed by atoms with Crippen LogP contribution < -0.4 is 0 Å². The lowest BCUT2D eigenvalue weighted by Crippen LogP contribution is -2.26. The zero-order chi connectivity index (χ0) is 14.4. The second-order valence-electron chi connectivity index (χ2n) is 6.66. The first-order valence-electron chi connectivity index (χ1n) is 7.03. The summed E-state index contributed by atoms with van der Waals surface area (Å²) in [7, 11) is 0. The highest BCUT2D eigenvalue weighted by atomic mass is 16.3. The fraction of sp³-hybridized carbons (Fsp3) is 0.875. The lowest BCUT2D eigenvalue weighted by Gasteiger charge is -2.21. The molecule has 2 atom stereocenters. The van der Waals surface area contributed by atoms with Gasteiger partial charge in [-0.3, -0.25) is 0 Å². The molecule has 0 saturated heterocycles. The second kappa shape index (κ2) is 7.16. The molecule has 106 valence electrons. The molecule has 0 aromatic heterocycles. The second-order valence-corrected chi connectivity index (χ2v) is 6.66. The largest absolute Gasteiger partial charge is 0.378 e. The number of aliphatic hydroxyl groups is 2. The molecule has 0 aliphatic heterocycles. The van der Waals surface area contributed by atoms with Crippen molar-refractivity contribution in [2.45, 2.75) is 78.4 Å². The van der Waals surface area contributed by atoms with E-state index in [1.54, 1.807) is 13.8 Å². The maximum Gasteiger partial charge on any atom is 0.122 e. The number of hydrogen-bond acceptors (Lipinski definition) is 2. The Morgan fingerprint density at radius 2 is 1.06 bits per heavy atom. The van der Waals surface area contributed by atoms with Gasteiger partial charge in [0.2, 0.25) is 0 Å². The van der Waals surface area contributed by atoms with E-state index in [1.807, 2.05) is 0 Å². The number of hydrogen-bond donors (Lipinski definition) is 2. The third kappa shape index (κ3) is 9.50. The van der Waals surface area contributed by atoms with E-state index in [1.165, 1.54) is 0 Å². The van der Waals surface area contributed by atoms with E-state index in [2.05, 4.69) is 39.5 Å². The average Bonchev–Trinajstić information content (AvgIpc) is 2.22. The van der Waals surface area contributed by atoms with Crippen LogP contribution in [0.25, 0.3) is 0 Å². The molecule has 2 N–H and O–H groups in total. The van der Waals surface area contributed by atoms with E-state index in [0.717, 1.165) is 12.8 Å². The summed E-state index contributed by atoms with van der Waals surface area (Å²) >= 11 is 0. The van der Waals surface area contributed by atoms with Gasteiger partial charge in [0.1, 0.15) is 11.2 Å². The van der Waals surface area contributed by atoms with E-state index in [-0.39, 0.29) is 0 Å². The molecule has 2 heteroatoms. The van der Waals surface area contributed by atoms with Crippen molar-refractivity contribution in [2.24, 2.45) is 11.8 Å². The fourth-order valence-electron chi connectivity index (χ4n) is 1.53. The summed E-state index contributed by atoms with van der Waals surface area (Å²) in [5.41, 5.74) is -1.99. The SMILES string of the molecule is CC(C)CC[C@@](C)(O)C#C[C@@](C)(O)CCC(C)C. The first-order valence-corrected chi connectivity index (χ1v) is 7.03. The van der Waals surface area contributed by atoms with Crippen molar-refractivity contribution in [1.82, 2.24) is 0 Å². The lowest BCUT2D eigenvalue weighted by atomic mass is 9.92. The van der Waals surface area contributed by atoms with Gasteiger partial charge in [-0.2, -0.15) is 0 Å². The van der Waals surface area contributed by atoms with E-state index in [0.29, 0.717) is 24.7 Å². The summed E-state index contributed by atoms with van der Waals surface area (Å²) in [6.07, 6.45) is 3.18. The molecule has 2 nitrogen and oxygen atoms in total. The highest BCUT2D eigenvalue weighted by Gasteiger charge is 2.21. The van der Waals surface area contributed by atoms with E-state index in [4.69, 9.17) is 0 Å². The minimum atomic E-state index is -0.994. The van der Waals surface area contributed by atoms with E-state index >= 15 is 0 Å². The van der Waals surface area contributed by atoms with Crippen LogP contribution in [-0.2, 0) is 0 Å².